The number of benzene rings is 2. The smallest absolute Gasteiger partial charge is 0.315 e. The number of amides is 4. The molecule has 17 nitrogen and oxygen atoms in total. The molecule has 1 aromatic heterocycles. The minimum atomic E-state index is -0.970. The lowest BCUT2D eigenvalue weighted by molar-refractivity contribution is -0.123. The van der Waals surface area contributed by atoms with Crippen molar-refractivity contribution in [2.45, 2.75) is 74.9 Å². The van der Waals surface area contributed by atoms with Crippen molar-refractivity contribution in [3.8, 4) is 11.4 Å². The van der Waals surface area contributed by atoms with Crippen LogP contribution < -0.4 is 31.7 Å². The van der Waals surface area contributed by atoms with Gasteiger partial charge in [-0.05, 0) is 69.0 Å². The average Bonchev–Trinajstić information content (AvgIpc) is 3.98. The van der Waals surface area contributed by atoms with Gasteiger partial charge in [0.1, 0.15) is 12.3 Å². The van der Waals surface area contributed by atoms with Crippen molar-refractivity contribution < 1.29 is 51.6 Å². The number of unbranched alkanes of at least 4 members (excludes halogenated alkanes) is 2. The molecule has 4 amide bonds. The summed E-state index contributed by atoms with van der Waals surface area (Å²) in [7, 11) is 0. The number of thioether (sulfide) groups is 1. The number of carbonyl (C=O) groups excluding carboxylic acids is 4. The molecule has 5 rings (SSSR count). The van der Waals surface area contributed by atoms with E-state index in [-0.39, 0.29) is 42.6 Å². The van der Waals surface area contributed by atoms with Crippen molar-refractivity contribution in [1.29, 1.82) is 0 Å². The number of hydrogen-bond acceptors (Lipinski definition) is 13. The third-order valence-corrected chi connectivity index (χ3v) is 11.4. The van der Waals surface area contributed by atoms with Crippen molar-refractivity contribution in [3.05, 3.63) is 71.6 Å². The van der Waals surface area contributed by atoms with E-state index < -0.39 is 41.7 Å². The van der Waals surface area contributed by atoms with Crippen LogP contribution in [0.5, 0.6) is 5.75 Å². The number of nitrogens with two attached hydrogens (primary N) is 1. The highest BCUT2D eigenvalue weighted by molar-refractivity contribution is 8.00. The summed E-state index contributed by atoms with van der Waals surface area (Å²) >= 11 is 1.88. The number of aromatic nitrogens is 3. The van der Waals surface area contributed by atoms with Crippen molar-refractivity contribution in [1.82, 2.24) is 36.3 Å². The first-order chi connectivity index (χ1) is 29.7. The van der Waals surface area contributed by atoms with Crippen molar-refractivity contribution in [2.75, 3.05) is 71.7 Å². The quantitative estimate of drug-likeness (QED) is 0.0482. The summed E-state index contributed by atoms with van der Waals surface area (Å²) in [5.41, 5.74) is 6.97. The summed E-state index contributed by atoms with van der Waals surface area (Å²) in [4.78, 5) is 49.9. The second kappa shape index (κ2) is 25.9. The highest BCUT2D eigenvalue weighted by Crippen LogP contribution is 2.33. The predicted molar refractivity (Wildman–Crippen MR) is 221 cm³/mol. The monoisotopic (exact) mass is 874 g/mol. The zero-order valence-electron chi connectivity index (χ0n) is 34.1. The molecule has 0 saturated carbocycles. The number of Topliss-reactive ketones (excluding diaryl/α,β-unsaturated/α-hetero) is 1. The van der Waals surface area contributed by atoms with E-state index in [9.17, 15) is 28.0 Å². The Kier molecular flexibility index (Phi) is 20.1. The molecule has 2 fully saturated rings. The Morgan fingerprint density at radius 3 is 2.39 bits per heavy atom. The molecule has 4 unspecified atom stereocenters. The number of rotatable bonds is 30. The number of nitrogens with zero attached hydrogens (tertiary/aromatic N) is 3. The van der Waals surface area contributed by atoms with Crippen LogP contribution in [0.2, 0.25) is 0 Å². The van der Waals surface area contributed by atoms with Crippen molar-refractivity contribution in [3.63, 3.8) is 0 Å². The van der Waals surface area contributed by atoms with Gasteiger partial charge in [0, 0.05) is 29.5 Å². The molecule has 0 radical (unpaired) electrons. The third kappa shape index (κ3) is 15.9. The number of nitrogens with one attached hydrogen (secondary N) is 4. The number of halogens is 2. The fourth-order valence-electron chi connectivity index (χ4n) is 6.65. The molecule has 4 atom stereocenters. The topological polar surface area (TPSA) is 219 Å². The van der Waals surface area contributed by atoms with Crippen LogP contribution in [0.15, 0.2) is 48.7 Å². The van der Waals surface area contributed by atoms with E-state index in [1.165, 1.54) is 10.7 Å². The Balaban J connectivity index is 0.878. The molecule has 2 aliphatic heterocycles. The fraction of sp³-hybridized carbons (Fsp3) is 0.561. The first-order valence-corrected chi connectivity index (χ1v) is 21.6. The normalized spacial score (nSPS) is 17.4. The Labute approximate surface area is 357 Å². The van der Waals surface area contributed by atoms with Gasteiger partial charge in [-0.3, -0.25) is 14.4 Å². The Morgan fingerprint density at radius 1 is 0.918 bits per heavy atom. The summed E-state index contributed by atoms with van der Waals surface area (Å²) in [5, 5.41) is 20.2. The highest BCUT2D eigenvalue weighted by Gasteiger charge is 2.42. The van der Waals surface area contributed by atoms with Gasteiger partial charge in [0.25, 0.3) is 5.91 Å². The third-order valence-electron chi connectivity index (χ3n) is 9.85. The number of carbonyl (C=O) groups is 4. The average molecular weight is 875 g/mol. The summed E-state index contributed by atoms with van der Waals surface area (Å²) in [6.07, 6.45) is 6.32. The van der Waals surface area contributed by atoms with Gasteiger partial charge in [-0.25, -0.2) is 18.3 Å². The van der Waals surface area contributed by atoms with Crippen LogP contribution in [0, 0.1) is 11.6 Å². The predicted octanol–water partition coefficient (Wildman–Crippen LogP) is 2.83. The fourth-order valence-corrected chi connectivity index (χ4v) is 8.20. The first kappa shape index (κ1) is 47.3. The lowest BCUT2D eigenvalue weighted by Gasteiger charge is -2.18. The lowest BCUT2D eigenvalue weighted by atomic mass is 10.0. The second-order valence-electron chi connectivity index (χ2n) is 14.4. The zero-order chi connectivity index (χ0) is 43.2. The van der Waals surface area contributed by atoms with Gasteiger partial charge in [-0.1, -0.05) is 23.8 Å². The molecule has 334 valence electrons. The van der Waals surface area contributed by atoms with Crippen molar-refractivity contribution >= 4 is 35.4 Å². The summed E-state index contributed by atoms with van der Waals surface area (Å²) in [6.45, 7) is 3.05. The van der Waals surface area contributed by atoms with Gasteiger partial charge in [0.2, 0.25) is 5.91 Å². The van der Waals surface area contributed by atoms with Gasteiger partial charge in [-0.2, -0.15) is 11.8 Å². The summed E-state index contributed by atoms with van der Waals surface area (Å²) in [5.74, 6) is -2.65. The maximum absolute atomic E-state index is 14.0. The summed E-state index contributed by atoms with van der Waals surface area (Å²) in [6, 6.07) is 9.20. The van der Waals surface area contributed by atoms with Gasteiger partial charge in [0.05, 0.1) is 82.9 Å². The Morgan fingerprint density at radius 2 is 1.64 bits per heavy atom. The number of urea groups is 1. The molecule has 2 aromatic carbocycles. The Bertz CT molecular complexity index is 1840. The van der Waals surface area contributed by atoms with E-state index in [0.29, 0.717) is 95.2 Å². The van der Waals surface area contributed by atoms with Gasteiger partial charge >= 0.3 is 6.03 Å². The number of fused-ring (bicyclic) bond motifs is 1. The van der Waals surface area contributed by atoms with Gasteiger partial charge in [0.15, 0.2) is 23.2 Å². The number of para-hydroxylation sites is 1. The highest BCUT2D eigenvalue weighted by atomic mass is 32.2. The number of ether oxygens (including phenoxy) is 5. The maximum atomic E-state index is 14.0. The maximum Gasteiger partial charge on any atom is 0.315 e. The molecule has 0 aliphatic carbocycles. The molecule has 3 aromatic rings. The molecule has 0 bridgehead atoms. The van der Waals surface area contributed by atoms with E-state index in [1.807, 2.05) is 11.8 Å². The Hall–Kier alpha value is -4.73. The minimum Gasteiger partial charge on any atom is -0.480 e. The molecule has 2 saturated heterocycles. The first-order valence-electron chi connectivity index (χ1n) is 20.6. The number of ketones is 1. The van der Waals surface area contributed by atoms with Crippen LogP contribution in [-0.4, -0.2) is 134 Å². The molecule has 3 heterocycles. The van der Waals surface area contributed by atoms with E-state index in [2.05, 4.69) is 31.6 Å². The van der Waals surface area contributed by atoms with Crippen LogP contribution in [-0.2, 0) is 35.1 Å². The van der Waals surface area contributed by atoms with Gasteiger partial charge in [-0.15, -0.1) is 5.10 Å². The molecular formula is C41H56F2N8O9S. The van der Waals surface area contributed by atoms with Crippen LogP contribution in [0.25, 0.3) is 5.69 Å². The van der Waals surface area contributed by atoms with Crippen LogP contribution in [0.3, 0.4) is 0 Å². The van der Waals surface area contributed by atoms with Crippen LogP contribution in [0.4, 0.5) is 13.6 Å². The van der Waals surface area contributed by atoms with E-state index in [4.69, 9.17) is 29.4 Å². The molecule has 61 heavy (non-hydrogen) atoms. The second-order valence-corrected chi connectivity index (χ2v) is 15.7. The molecule has 20 heteroatoms. The van der Waals surface area contributed by atoms with Crippen molar-refractivity contribution in [2.24, 2.45) is 5.73 Å². The zero-order valence-corrected chi connectivity index (χ0v) is 34.9. The molecule has 2 aliphatic rings. The lowest BCUT2D eigenvalue weighted by Crippen LogP contribution is -2.43. The standard InChI is InChI=1S/C41H56F2N8O9S/c42-31-9-6-10-32(43)39(31)60-26-35(52)33(11-3-4-14-44)46-40(54)28-7-5-8-30(23-28)51-24-29(49-50-51)25-59-22-21-58-20-19-57-18-17-56-16-15-45-37(53)13-2-1-12-36-38-34(27-61-36)47-41(55)48-38/h5-10,23-24,33-34,36,38H,1-4,11-22,25-27,44H2,(H,45,53)(H,46,54)(H2,47,48,55). The van der Waals surface area contributed by atoms with E-state index in [1.54, 1.807) is 30.5 Å². The molecular weight excluding hydrogens is 819 g/mol. The largest absolute Gasteiger partial charge is 0.480 e. The number of hydrogen-bond donors (Lipinski definition) is 5. The molecule has 0 spiro atoms. The minimum absolute atomic E-state index is 0.0109. The summed E-state index contributed by atoms with van der Waals surface area (Å²) < 4.78 is 56.9. The SMILES string of the molecule is NCCCCC(NC(=O)c1cccc(-n2cc(COCCOCCOCCOCCNC(=O)CCCCC3SCC4NC(=O)NC43)nn2)c1)C(=O)COc1c(F)cccc1F. The van der Waals surface area contributed by atoms with E-state index in [0.717, 1.165) is 37.1 Å². The molecule has 6 N–H and O–H groups in total. The van der Waals surface area contributed by atoms with Crippen LogP contribution in [0.1, 0.15) is 61.0 Å². The van der Waals surface area contributed by atoms with E-state index >= 15 is 0 Å². The van der Waals surface area contributed by atoms with Crippen LogP contribution >= 0.6 is 11.8 Å². The van der Waals surface area contributed by atoms with Gasteiger partial charge < -0.3 is 50.7 Å².